The number of amides is 2. The Hall–Kier alpha value is -2.76. The number of rotatable bonds is 7. The second-order valence-electron chi connectivity index (χ2n) is 5.62. The van der Waals surface area contributed by atoms with E-state index in [1.807, 2.05) is 24.3 Å². The zero-order valence-electron chi connectivity index (χ0n) is 14.6. The van der Waals surface area contributed by atoms with Gasteiger partial charge < -0.3 is 20.1 Å². The first kappa shape index (κ1) is 18.6. The van der Waals surface area contributed by atoms with Crippen molar-refractivity contribution in [2.45, 2.75) is 19.4 Å². The van der Waals surface area contributed by atoms with Crippen LogP contribution in [0.5, 0.6) is 11.5 Å². The van der Waals surface area contributed by atoms with Gasteiger partial charge in [-0.25, -0.2) is 9.18 Å². The molecule has 0 bridgehead atoms. The van der Waals surface area contributed by atoms with Crippen LogP contribution in [0.2, 0.25) is 0 Å². The van der Waals surface area contributed by atoms with E-state index in [2.05, 4.69) is 10.6 Å². The van der Waals surface area contributed by atoms with E-state index in [9.17, 15) is 9.18 Å². The molecule has 2 aromatic carbocycles. The summed E-state index contributed by atoms with van der Waals surface area (Å²) in [4.78, 5) is 12.0. The summed E-state index contributed by atoms with van der Waals surface area (Å²) in [5.41, 5.74) is 1.74. The molecular formula is C19H23FN2O3. The number of carbonyl (C=O) groups excluding carboxylic acids is 1. The van der Waals surface area contributed by atoms with Gasteiger partial charge in [0.25, 0.3) is 0 Å². The van der Waals surface area contributed by atoms with Gasteiger partial charge in [0.15, 0.2) is 11.6 Å². The first-order chi connectivity index (χ1) is 12.0. The van der Waals surface area contributed by atoms with Gasteiger partial charge in [0.1, 0.15) is 5.75 Å². The van der Waals surface area contributed by atoms with Crippen molar-refractivity contribution in [2.24, 2.45) is 0 Å². The number of hydrogen-bond acceptors (Lipinski definition) is 3. The zero-order chi connectivity index (χ0) is 18.2. The number of ether oxygens (including phenoxy) is 2. The van der Waals surface area contributed by atoms with E-state index in [0.29, 0.717) is 18.5 Å². The minimum absolute atomic E-state index is 0.179. The molecule has 1 atom stereocenters. The Bertz CT molecular complexity index is 722. The maximum absolute atomic E-state index is 13.7. The Kier molecular flexibility index (Phi) is 6.62. The number of benzene rings is 2. The van der Waals surface area contributed by atoms with E-state index in [1.54, 1.807) is 26.2 Å². The monoisotopic (exact) mass is 346 g/mol. The lowest BCUT2D eigenvalue weighted by molar-refractivity contribution is 0.238. The lowest BCUT2D eigenvalue weighted by Gasteiger charge is -2.16. The molecule has 0 heterocycles. The summed E-state index contributed by atoms with van der Waals surface area (Å²) in [5, 5.41) is 5.58. The number of urea groups is 1. The molecule has 0 aliphatic heterocycles. The molecule has 0 fully saturated rings. The summed E-state index contributed by atoms with van der Waals surface area (Å²) in [6.45, 7) is 2.28. The molecule has 5 nitrogen and oxygen atoms in total. The summed E-state index contributed by atoms with van der Waals surface area (Å²) in [5.74, 6) is 0.517. The highest BCUT2D eigenvalue weighted by Crippen LogP contribution is 2.21. The molecule has 0 spiro atoms. The van der Waals surface area contributed by atoms with Crippen LogP contribution in [0.25, 0.3) is 0 Å². The largest absolute Gasteiger partial charge is 0.497 e. The molecule has 2 amide bonds. The molecule has 0 radical (unpaired) electrons. The standard InChI is InChI=1S/C19H23FN2O3/c1-13(15-7-8-18(25-3)17(20)12-15)22-19(23)21-10-9-14-5-4-6-16(11-14)24-2/h4-8,11-13H,9-10H2,1-3H3,(H2,21,22,23). The van der Waals surface area contributed by atoms with Gasteiger partial charge in [0.05, 0.1) is 20.3 Å². The fourth-order valence-electron chi connectivity index (χ4n) is 2.43. The lowest BCUT2D eigenvalue weighted by Crippen LogP contribution is -2.38. The molecule has 2 aromatic rings. The Labute approximate surface area is 147 Å². The molecule has 6 heteroatoms. The summed E-state index contributed by atoms with van der Waals surface area (Å²) in [7, 11) is 3.03. The quantitative estimate of drug-likeness (QED) is 0.807. The first-order valence-corrected chi connectivity index (χ1v) is 8.04. The summed E-state index contributed by atoms with van der Waals surface area (Å²) < 4.78 is 23.8. The normalized spacial score (nSPS) is 11.5. The van der Waals surface area contributed by atoms with Gasteiger partial charge in [0.2, 0.25) is 0 Å². The molecule has 134 valence electrons. The van der Waals surface area contributed by atoms with Gasteiger partial charge in [-0.3, -0.25) is 0 Å². The van der Waals surface area contributed by atoms with Crippen LogP contribution >= 0.6 is 0 Å². The minimum atomic E-state index is -0.452. The number of methoxy groups -OCH3 is 2. The highest BCUT2D eigenvalue weighted by molar-refractivity contribution is 5.74. The van der Waals surface area contributed by atoms with Crippen molar-refractivity contribution in [1.82, 2.24) is 10.6 Å². The first-order valence-electron chi connectivity index (χ1n) is 8.04. The highest BCUT2D eigenvalue weighted by Gasteiger charge is 2.12. The number of nitrogens with one attached hydrogen (secondary N) is 2. The third kappa shape index (κ3) is 5.38. The van der Waals surface area contributed by atoms with Crippen LogP contribution in [-0.2, 0) is 6.42 Å². The molecule has 0 saturated heterocycles. The molecular weight excluding hydrogens is 323 g/mol. The highest BCUT2D eigenvalue weighted by atomic mass is 19.1. The Morgan fingerprint density at radius 1 is 1.16 bits per heavy atom. The molecule has 1 unspecified atom stereocenters. The van der Waals surface area contributed by atoms with E-state index < -0.39 is 5.82 Å². The van der Waals surface area contributed by atoms with Crippen molar-refractivity contribution < 1.29 is 18.7 Å². The van der Waals surface area contributed by atoms with E-state index in [-0.39, 0.29) is 17.8 Å². The van der Waals surface area contributed by atoms with E-state index in [4.69, 9.17) is 9.47 Å². The van der Waals surface area contributed by atoms with Crippen LogP contribution in [0.4, 0.5) is 9.18 Å². The second kappa shape index (κ2) is 8.92. The third-order valence-corrected chi connectivity index (χ3v) is 3.86. The van der Waals surface area contributed by atoms with Gasteiger partial charge in [-0.2, -0.15) is 0 Å². The van der Waals surface area contributed by atoms with E-state index >= 15 is 0 Å². The number of carbonyl (C=O) groups is 1. The average Bonchev–Trinajstić information content (AvgIpc) is 2.61. The third-order valence-electron chi connectivity index (χ3n) is 3.86. The van der Waals surface area contributed by atoms with Crippen LogP contribution in [-0.4, -0.2) is 26.8 Å². The van der Waals surface area contributed by atoms with Crippen LogP contribution in [0, 0.1) is 5.82 Å². The van der Waals surface area contributed by atoms with Crippen molar-refractivity contribution in [3.05, 3.63) is 59.4 Å². The molecule has 0 aromatic heterocycles. The minimum Gasteiger partial charge on any atom is -0.497 e. The molecule has 2 N–H and O–H groups in total. The topological polar surface area (TPSA) is 59.6 Å². The molecule has 0 aliphatic rings. The second-order valence-corrected chi connectivity index (χ2v) is 5.62. The molecule has 25 heavy (non-hydrogen) atoms. The molecule has 2 rings (SSSR count). The van der Waals surface area contributed by atoms with E-state index in [1.165, 1.54) is 13.2 Å². The molecule has 0 saturated carbocycles. The Morgan fingerprint density at radius 3 is 2.64 bits per heavy atom. The number of hydrogen-bond donors (Lipinski definition) is 2. The van der Waals surface area contributed by atoms with Crippen LogP contribution in [0.15, 0.2) is 42.5 Å². The van der Waals surface area contributed by atoms with Crippen LogP contribution in [0.3, 0.4) is 0 Å². The fraction of sp³-hybridized carbons (Fsp3) is 0.316. The maximum atomic E-state index is 13.7. The average molecular weight is 346 g/mol. The SMILES string of the molecule is COc1cccc(CCNC(=O)NC(C)c2ccc(OC)c(F)c2)c1. The summed E-state index contributed by atoms with van der Waals surface area (Å²) in [6, 6.07) is 11.7. The van der Waals surface area contributed by atoms with Crippen molar-refractivity contribution in [3.63, 3.8) is 0 Å². The molecule has 0 aliphatic carbocycles. The lowest BCUT2D eigenvalue weighted by atomic mass is 10.1. The van der Waals surface area contributed by atoms with Gasteiger partial charge in [0, 0.05) is 6.54 Å². The van der Waals surface area contributed by atoms with Gasteiger partial charge in [-0.05, 0) is 48.7 Å². The van der Waals surface area contributed by atoms with Gasteiger partial charge >= 0.3 is 6.03 Å². The maximum Gasteiger partial charge on any atom is 0.315 e. The van der Waals surface area contributed by atoms with Gasteiger partial charge in [-0.1, -0.05) is 18.2 Å². The summed E-state index contributed by atoms with van der Waals surface area (Å²) >= 11 is 0. The van der Waals surface area contributed by atoms with Gasteiger partial charge in [-0.15, -0.1) is 0 Å². The fourth-order valence-corrected chi connectivity index (χ4v) is 2.43. The van der Waals surface area contributed by atoms with E-state index in [0.717, 1.165) is 11.3 Å². The number of halogens is 1. The van der Waals surface area contributed by atoms with Crippen LogP contribution in [0.1, 0.15) is 24.1 Å². The van der Waals surface area contributed by atoms with Crippen molar-refractivity contribution in [1.29, 1.82) is 0 Å². The van der Waals surface area contributed by atoms with Crippen molar-refractivity contribution in [2.75, 3.05) is 20.8 Å². The predicted molar refractivity (Wildman–Crippen MR) is 94.6 cm³/mol. The predicted octanol–water partition coefficient (Wildman–Crippen LogP) is 3.45. The van der Waals surface area contributed by atoms with Crippen molar-refractivity contribution in [3.8, 4) is 11.5 Å². The zero-order valence-corrected chi connectivity index (χ0v) is 14.6. The Morgan fingerprint density at radius 2 is 1.96 bits per heavy atom. The van der Waals surface area contributed by atoms with Crippen LogP contribution < -0.4 is 20.1 Å². The summed E-state index contributed by atoms with van der Waals surface area (Å²) in [6.07, 6.45) is 0.691. The van der Waals surface area contributed by atoms with Crippen molar-refractivity contribution >= 4 is 6.03 Å². The smallest absolute Gasteiger partial charge is 0.315 e. The Balaban J connectivity index is 1.82.